The van der Waals surface area contributed by atoms with Crippen molar-refractivity contribution in [1.82, 2.24) is 5.32 Å². The normalized spacial score (nSPS) is 17.8. The van der Waals surface area contributed by atoms with E-state index in [2.05, 4.69) is 5.32 Å². The molecule has 0 radical (unpaired) electrons. The third-order valence-electron chi connectivity index (χ3n) is 4.09. The average molecular weight is 310 g/mol. The molecule has 0 aliphatic heterocycles. The van der Waals surface area contributed by atoms with Crippen LogP contribution in [-0.4, -0.2) is 22.5 Å². The predicted octanol–water partition coefficient (Wildman–Crippen LogP) is 3.56. The van der Waals surface area contributed by atoms with Crippen LogP contribution in [0.3, 0.4) is 0 Å². The van der Waals surface area contributed by atoms with Crippen molar-refractivity contribution in [1.29, 1.82) is 0 Å². The van der Waals surface area contributed by atoms with Crippen LogP contribution in [-0.2, 0) is 4.79 Å². The Morgan fingerprint density at radius 2 is 1.81 bits per heavy atom. The lowest BCUT2D eigenvalue weighted by atomic mass is 9.89. The number of halogens is 1. The van der Waals surface area contributed by atoms with E-state index in [1.807, 2.05) is 6.92 Å². The number of aryl methyl sites for hydroxylation is 1. The first-order valence-electron chi connectivity index (χ1n) is 7.27. The molecule has 4 nitrogen and oxygen atoms in total. The maximum absolute atomic E-state index is 12.4. The zero-order chi connectivity index (χ0) is 15.5. The van der Waals surface area contributed by atoms with Crippen molar-refractivity contribution in [3.05, 3.63) is 34.3 Å². The Labute approximate surface area is 129 Å². The van der Waals surface area contributed by atoms with Crippen molar-refractivity contribution < 1.29 is 14.7 Å². The summed E-state index contributed by atoms with van der Waals surface area (Å²) in [6, 6.07) is 5.14. The molecule has 2 N–H and O–H groups in total. The monoisotopic (exact) mass is 309 g/mol. The first-order valence-corrected chi connectivity index (χ1v) is 7.64. The molecule has 0 bridgehead atoms. The summed E-state index contributed by atoms with van der Waals surface area (Å²) < 4.78 is 0. The number of carboxylic acids is 1. The molecule has 0 saturated heterocycles. The highest BCUT2D eigenvalue weighted by Gasteiger charge is 2.40. The Bertz CT molecular complexity index is 548. The summed E-state index contributed by atoms with van der Waals surface area (Å²) in [7, 11) is 0. The molecule has 1 amide bonds. The number of benzene rings is 1. The van der Waals surface area contributed by atoms with Crippen molar-refractivity contribution in [2.75, 3.05) is 0 Å². The van der Waals surface area contributed by atoms with Crippen molar-refractivity contribution in [2.24, 2.45) is 0 Å². The summed E-state index contributed by atoms with van der Waals surface area (Å²) in [4.78, 5) is 24.1. The lowest BCUT2D eigenvalue weighted by Crippen LogP contribution is -2.54. The van der Waals surface area contributed by atoms with Crippen LogP contribution in [0.2, 0.25) is 5.02 Å². The minimum absolute atomic E-state index is 0.326. The molecule has 1 aromatic rings. The van der Waals surface area contributed by atoms with Crippen LogP contribution in [0.1, 0.15) is 54.4 Å². The lowest BCUT2D eigenvalue weighted by molar-refractivity contribution is -0.145. The maximum atomic E-state index is 12.4. The van der Waals surface area contributed by atoms with Gasteiger partial charge in [0.1, 0.15) is 5.54 Å². The van der Waals surface area contributed by atoms with Crippen molar-refractivity contribution in [2.45, 2.75) is 51.0 Å². The summed E-state index contributed by atoms with van der Waals surface area (Å²) >= 11 is 6.09. The third kappa shape index (κ3) is 3.56. The molecule has 0 spiro atoms. The van der Waals surface area contributed by atoms with E-state index in [4.69, 9.17) is 11.6 Å². The number of carbonyl (C=O) groups is 2. The molecule has 1 aliphatic carbocycles. The van der Waals surface area contributed by atoms with Crippen LogP contribution in [0.5, 0.6) is 0 Å². The van der Waals surface area contributed by atoms with Gasteiger partial charge < -0.3 is 10.4 Å². The fraction of sp³-hybridized carbons (Fsp3) is 0.500. The summed E-state index contributed by atoms with van der Waals surface area (Å²) in [6.07, 6.45) is 4.59. The van der Waals surface area contributed by atoms with Gasteiger partial charge in [0.2, 0.25) is 0 Å². The largest absolute Gasteiger partial charge is 0.480 e. The van der Waals surface area contributed by atoms with Gasteiger partial charge in [-0.15, -0.1) is 0 Å². The predicted molar refractivity (Wildman–Crippen MR) is 81.7 cm³/mol. The number of aliphatic carboxylic acids is 1. The molecule has 2 rings (SSSR count). The van der Waals surface area contributed by atoms with Gasteiger partial charge in [0, 0.05) is 0 Å². The number of hydrogen-bond donors (Lipinski definition) is 2. The molecule has 1 fully saturated rings. The molecular formula is C16H20ClNO3. The van der Waals surface area contributed by atoms with Gasteiger partial charge in [0.15, 0.2) is 0 Å². The van der Waals surface area contributed by atoms with E-state index in [0.717, 1.165) is 31.2 Å². The number of nitrogens with one attached hydrogen (secondary N) is 1. The first kappa shape index (κ1) is 15.8. The molecular weight excluding hydrogens is 290 g/mol. The van der Waals surface area contributed by atoms with Gasteiger partial charge in [-0.05, 0) is 37.5 Å². The standard InChI is InChI=1S/C16H20ClNO3/c1-11-6-7-12(13(17)10-11)14(19)18-16(15(20)21)8-4-2-3-5-9-16/h6-7,10H,2-5,8-9H2,1H3,(H,18,19)(H,20,21). The van der Waals surface area contributed by atoms with E-state index in [-0.39, 0.29) is 0 Å². The van der Waals surface area contributed by atoms with Crippen LogP contribution in [0, 0.1) is 6.92 Å². The molecule has 0 aromatic heterocycles. The quantitative estimate of drug-likeness (QED) is 0.839. The molecule has 0 heterocycles. The van der Waals surface area contributed by atoms with E-state index >= 15 is 0 Å². The van der Waals surface area contributed by atoms with E-state index < -0.39 is 17.4 Å². The van der Waals surface area contributed by atoms with Gasteiger partial charge >= 0.3 is 5.97 Å². The second-order valence-electron chi connectivity index (χ2n) is 5.74. The van der Waals surface area contributed by atoms with Crippen LogP contribution in [0.15, 0.2) is 18.2 Å². The fourth-order valence-corrected chi connectivity index (χ4v) is 3.13. The second-order valence-corrected chi connectivity index (χ2v) is 6.15. The Balaban J connectivity index is 2.24. The first-order chi connectivity index (χ1) is 9.94. The summed E-state index contributed by atoms with van der Waals surface area (Å²) in [6.45, 7) is 1.89. The molecule has 114 valence electrons. The molecule has 21 heavy (non-hydrogen) atoms. The zero-order valence-corrected chi connectivity index (χ0v) is 12.9. The number of carboxylic acid groups (broad SMARTS) is 1. The SMILES string of the molecule is Cc1ccc(C(=O)NC2(C(=O)O)CCCCCC2)c(Cl)c1. The average Bonchev–Trinajstić information content (AvgIpc) is 2.65. The summed E-state index contributed by atoms with van der Waals surface area (Å²) in [5.74, 6) is -1.37. The van der Waals surface area contributed by atoms with Gasteiger partial charge in [-0.3, -0.25) is 4.79 Å². The highest BCUT2D eigenvalue weighted by atomic mass is 35.5. The number of carbonyl (C=O) groups excluding carboxylic acids is 1. The van der Waals surface area contributed by atoms with Crippen LogP contribution < -0.4 is 5.32 Å². The van der Waals surface area contributed by atoms with Crippen LogP contribution in [0.25, 0.3) is 0 Å². The summed E-state index contributed by atoms with van der Waals surface area (Å²) in [5.41, 5.74) is 0.119. The molecule has 1 aliphatic rings. The van der Waals surface area contributed by atoms with Crippen molar-refractivity contribution in [3.63, 3.8) is 0 Å². The lowest BCUT2D eigenvalue weighted by Gasteiger charge is -2.29. The Morgan fingerprint density at radius 1 is 1.19 bits per heavy atom. The number of rotatable bonds is 3. The molecule has 5 heteroatoms. The fourth-order valence-electron chi connectivity index (χ4n) is 2.81. The van der Waals surface area contributed by atoms with Crippen LogP contribution >= 0.6 is 11.6 Å². The number of hydrogen-bond acceptors (Lipinski definition) is 2. The van der Waals surface area contributed by atoms with Gasteiger partial charge in [0.25, 0.3) is 5.91 Å². The van der Waals surface area contributed by atoms with Gasteiger partial charge in [-0.1, -0.05) is 43.4 Å². The van der Waals surface area contributed by atoms with Crippen molar-refractivity contribution in [3.8, 4) is 0 Å². The maximum Gasteiger partial charge on any atom is 0.329 e. The molecule has 1 saturated carbocycles. The molecule has 1 aromatic carbocycles. The van der Waals surface area contributed by atoms with E-state index in [0.29, 0.717) is 23.4 Å². The zero-order valence-electron chi connectivity index (χ0n) is 12.1. The summed E-state index contributed by atoms with van der Waals surface area (Å²) in [5, 5.41) is 12.6. The topological polar surface area (TPSA) is 66.4 Å². The Hall–Kier alpha value is -1.55. The highest BCUT2D eigenvalue weighted by Crippen LogP contribution is 2.28. The van der Waals surface area contributed by atoms with E-state index in [9.17, 15) is 14.7 Å². The second kappa shape index (κ2) is 6.48. The molecule has 0 unspecified atom stereocenters. The van der Waals surface area contributed by atoms with Gasteiger partial charge in [0.05, 0.1) is 10.6 Å². The Morgan fingerprint density at radius 3 is 2.33 bits per heavy atom. The minimum atomic E-state index is -1.16. The van der Waals surface area contributed by atoms with Crippen molar-refractivity contribution >= 4 is 23.5 Å². The number of amides is 1. The van der Waals surface area contributed by atoms with E-state index in [1.165, 1.54) is 0 Å². The smallest absolute Gasteiger partial charge is 0.329 e. The van der Waals surface area contributed by atoms with Crippen LogP contribution in [0.4, 0.5) is 0 Å². The van der Waals surface area contributed by atoms with Gasteiger partial charge in [-0.25, -0.2) is 4.79 Å². The van der Waals surface area contributed by atoms with Gasteiger partial charge in [-0.2, -0.15) is 0 Å². The third-order valence-corrected chi connectivity index (χ3v) is 4.40. The highest BCUT2D eigenvalue weighted by molar-refractivity contribution is 6.34. The van der Waals surface area contributed by atoms with E-state index in [1.54, 1.807) is 18.2 Å². The minimum Gasteiger partial charge on any atom is -0.480 e. The Kier molecular flexibility index (Phi) is 4.88. The molecule has 0 atom stereocenters.